The maximum atomic E-state index is 12.4. The molecule has 0 saturated heterocycles. The van der Waals surface area contributed by atoms with E-state index in [0.717, 1.165) is 11.9 Å². The predicted molar refractivity (Wildman–Crippen MR) is 87.3 cm³/mol. The minimum atomic E-state index is -0.250. The van der Waals surface area contributed by atoms with E-state index >= 15 is 0 Å². The number of carbonyl (C=O) groups is 1. The fourth-order valence-corrected chi connectivity index (χ4v) is 3.86. The third kappa shape index (κ3) is 2.31. The molecule has 1 amide bonds. The zero-order chi connectivity index (χ0) is 15.1. The van der Waals surface area contributed by atoms with E-state index in [0.29, 0.717) is 11.2 Å². The van der Waals surface area contributed by atoms with Crippen molar-refractivity contribution >= 4 is 34.4 Å². The summed E-state index contributed by atoms with van der Waals surface area (Å²) in [6.07, 6.45) is 0.746. The van der Waals surface area contributed by atoms with Crippen molar-refractivity contribution in [1.82, 2.24) is 9.97 Å². The third-order valence-electron chi connectivity index (χ3n) is 3.72. The fourth-order valence-electron chi connectivity index (χ4n) is 2.66. The van der Waals surface area contributed by atoms with E-state index < -0.39 is 0 Å². The smallest absolute Gasteiger partial charge is 0.323 e. The van der Waals surface area contributed by atoms with Gasteiger partial charge in [-0.1, -0.05) is 18.2 Å². The highest BCUT2D eigenvalue weighted by Crippen LogP contribution is 2.37. The van der Waals surface area contributed by atoms with Crippen LogP contribution in [0.25, 0.3) is 11.0 Å². The zero-order valence-corrected chi connectivity index (χ0v) is 12.4. The number of fused-ring (bicyclic) bond motifs is 2. The van der Waals surface area contributed by atoms with Crippen molar-refractivity contribution in [3.63, 3.8) is 0 Å². The van der Waals surface area contributed by atoms with E-state index in [1.165, 1.54) is 10.5 Å². The Balaban J connectivity index is 1.53. The van der Waals surface area contributed by atoms with Gasteiger partial charge in [0.2, 0.25) is 5.91 Å². The van der Waals surface area contributed by atoms with Gasteiger partial charge in [-0.05, 0) is 36.2 Å². The molecule has 6 heteroatoms. The number of nitrogens with one attached hydrogen (secondary N) is 3. The highest BCUT2D eigenvalue weighted by molar-refractivity contribution is 8.01. The van der Waals surface area contributed by atoms with Crippen LogP contribution in [0.2, 0.25) is 0 Å². The number of imidazole rings is 1. The van der Waals surface area contributed by atoms with Crippen LogP contribution >= 0.6 is 11.8 Å². The molecule has 22 heavy (non-hydrogen) atoms. The fraction of sp³-hybridized carbons (Fsp3) is 0.125. The van der Waals surface area contributed by atoms with E-state index in [9.17, 15) is 9.59 Å². The summed E-state index contributed by atoms with van der Waals surface area (Å²) in [7, 11) is 0. The summed E-state index contributed by atoms with van der Waals surface area (Å²) in [5.74, 6) is -0.0153. The van der Waals surface area contributed by atoms with Crippen molar-refractivity contribution in [3.8, 4) is 0 Å². The van der Waals surface area contributed by atoms with Crippen molar-refractivity contribution < 1.29 is 4.79 Å². The molecular formula is C16H13N3O2S. The number of H-pyrrole nitrogens is 2. The molecule has 3 aromatic rings. The van der Waals surface area contributed by atoms with E-state index in [4.69, 9.17) is 0 Å². The monoisotopic (exact) mass is 311 g/mol. The lowest BCUT2D eigenvalue weighted by molar-refractivity contribution is -0.115. The summed E-state index contributed by atoms with van der Waals surface area (Å²) >= 11 is 1.60. The molecule has 1 aliphatic heterocycles. The predicted octanol–water partition coefficient (Wildman–Crippen LogP) is 2.51. The Bertz CT molecular complexity index is 903. The van der Waals surface area contributed by atoms with Gasteiger partial charge >= 0.3 is 5.69 Å². The molecular weight excluding hydrogens is 298 g/mol. The molecule has 0 radical (unpaired) electrons. The molecule has 1 aromatic heterocycles. The Morgan fingerprint density at radius 1 is 1.14 bits per heavy atom. The Morgan fingerprint density at radius 3 is 2.82 bits per heavy atom. The molecule has 0 aliphatic carbocycles. The van der Waals surface area contributed by atoms with Gasteiger partial charge < -0.3 is 15.3 Å². The lowest BCUT2D eigenvalue weighted by Crippen LogP contribution is -2.24. The number of hydrogen-bond donors (Lipinski definition) is 3. The molecule has 2 aromatic carbocycles. The van der Waals surface area contributed by atoms with Crippen LogP contribution in [0.5, 0.6) is 0 Å². The number of hydrogen-bond acceptors (Lipinski definition) is 3. The quantitative estimate of drug-likeness (QED) is 0.680. The first-order valence-corrected chi connectivity index (χ1v) is 7.84. The molecule has 0 spiro atoms. The maximum absolute atomic E-state index is 12.4. The van der Waals surface area contributed by atoms with Crippen LogP contribution in [0.1, 0.15) is 5.56 Å². The van der Waals surface area contributed by atoms with Crippen molar-refractivity contribution in [2.24, 2.45) is 0 Å². The van der Waals surface area contributed by atoms with Crippen LogP contribution in [0.4, 0.5) is 5.69 Å². The van der Waals surface area contributed by atoms with Crippen molar-refractivity contribution in [1.29, 1.82) is 0 Å². The number of aromatic amines is 2. The highest BCUT2D eigenvalue weighted by atomic mass is 32.2. The molecule has 1 unspecified atom stereocenters. The van der Waals surface area contributed by atoms with Crippen LogP contribution in [-0.2, 0) is 11.2 Å². The molecule has 1 atom stereocenters. The average Bonchev–Trinajstić information content (AvgIpc) is 3.08. The molecule has 0 saturated carbocycles. The van der Waals surface area contributed by atoms with Crippen molar-refractivity contribution in [2.45, 2.75) is 16.6 Å². The first kappa shape index (κ1) is 13.2. The molecule has 5 nitrogen and oxygen atoms in total. The zero-order valence-electron chi connectivity index (χ0n) is 11.6. The first-order chi connectivity index (χ1) is 10.7. The first-order valence-electron chi connectivity index (χ1n) is 6.96. The van der Waals surface area contributed by atoms with Crippen LogP contribution in [0, 0.1) is 0 Å². The van der Waals surface area contributed by atoms with Gasteiger partial charge in [-0.2, -0.15) is 0 Å². The Kier molecular flexibility index (Phi) is 3.04. The van der Waals surface area contributed by atoms with Gasteiger partial charge in [-0.3, -0.25) is 4.79 Å². The van der Waals surface area contributed by atoms with E-state index in [-0.39, 0.29) is 16.8 Å². The van der Waals surface area contributed by atoms with Gasteiger partial charge in [-0.25, -0.2) is 4.79 Å². The summed E-state index contributed by atoms with van der Waals surface area (Å²) in [5.41, 5.74) is 3.07. The molecule has 0 bridgehead atoms. The highest BCUT2D eigenvalue weighted by Gasteiger charge is 2.27. The van der Waals surface area contributed by atoms with Crippen LogP contribution in [-0.4, -0.2) is 21.1 Å². The standard InChI is InChI=1S/C16H13N3O2S/c20-15(14-7-9-3-1-2-4-13(9)22-14)17-10-5-6-11-12(8-10)19-16(21)18-11/h1-6,8,14H,7H2,(H,17,20)(H2,18,19,21). The van der Waals surface area contributed by atoms with Gasteiger partial charge in [0.25, 0.3) is 0 Å². The molecule has 2 heterocycles. The summed E-state index contributed by atoms with van der Waals surface area (Å²) in [6, 6.07) is 13.4. The number of thioether (sulfide) groups is 1. The second kappa shape index (κ2) is 5.06. The lowest BCUT2D eigenvalue weighted by atomic mass is 10.1. The molecule has 0 fully saturated rings. The van der Waals surface area contributed by atoms with Gasteiger partial charge in [0.1, 0.15) is 0 Å². The van der Waals surface area contributed by atoms with E-state index in [2.05, 4.69) is 21.4 Å². The second-order valence-electron chi connectivity index (χ2n) is 5.25. The number of amides is 1. The second-order valence-corrected chi connectivity index (χ2v) is 6.49. The molecule has 1 aliphatic rings. The Hall–Kier alpha value is -2.47. The summed E-state index contributed by atoms with van der Waals surface area (Å²) in [4.78, 5) is 30.2. The minimum absolute atomic E-state index is 0.0153. The number of rotatable bonds is 2. The van der Waals surface area contributed by atoms with Crippen LogP contribution in [0.15, 0.2) is 52.2 Å². The number of benzene rings is 2. The van der Waals surface area contributed by atoms with Gasteiger partial charge in [0, 0.05) is 10.6 Å². The van der Waals surface area contributed by atoms with Gasteiger partial charge in [-0.15, -0.1) is 11.8 Å². The molecule has 3 N–H and O–H groups in total. The van der Waals surface area contributed by atoms with E-state index in [1.54, 1.807) is 30.0 Å². The van der Waals surface area contributed by atoms with E-state index in [1.807, 2.05) is 18.2 Å². The lowest BCUT2D eigenvalue weighted by Gasteiger charge is -2.10. The minimum Gasteiger partial charge on any atom is -0.325 e. The van der Waals surface area contributed by atoms with Crippen molar-refractivity contribution in [3.05, 3.63) is 58.5 Å². The largest absolute Gasteiger partial charge is 0.325 e. The van der Waals surface area contributed by atoms with Crippen LogP contribution < -0.4 is 11.0 Å². The third-order valence-corrected chi connectivity index (χ3v) is 5.04. The number of aromatic nitrogens is 2. The maximum Gasteiger partial charge on any atom is 0.323 e. The topological polar surface area (TPSA) is 77.8 Å². The molecule has 110 valence electrons. The molecule has 4 rings (SSSR count). The van der Waals surface area contributed by atoms with Crippen LogP contribution in [0.3, 0.4) is 0 Å². The van der Waals surface area contributed by atoms with Gasteiger partial charge in [0.05, 0.1) is 16.3 Å². The summed E-state index contributed by atoms with van der Waals surface area (Å²) in [6.45, 7) is 0. The summed E-state index contributed by atoms with van der Waals surface area (Å²) < 4.78 is 0. The Morgan fingerprint density at radius 2 is 1.95 bits per heavy atom. The van der Waals surface area contributed by atoms with Crippen molar-refractivity contribution in [2.75, 3.05) is 5.32 Å². The Labute approximate surface area is 130 Å². The normalized spacial score (nSPS) is 16.6. The SMILES string of the molecule is O=C(Nc1ccc2[nH]c(=O)[nH]c2c1)C1Cc2ccccc2S1. The van der Waals surface area contributed by atoms with Gasteiger partial charge in [0.15, 0.2) is 0 Å². The number of carbonyl (C=O) groups excluding carboxylic acids is 1. The number of anilines is 1. The average molecular weight is 311 g/mol. The summed E-state index contributed by atoms with van der Waals surface area (Å²) in [5, 5.41) is 2.81.